The van der Waals surface area contributed by atoms with Crippen molar-refractivity contribution in [2.24, 2.45) is 5.16 Å². The fraction of sp³-hybridized carbons (Fsp3) is 0.182. The number of amides is 2. The molecule has 0 unspecified atom stereocenters. The molecule has 0 aliphatic carbocycles. The van der Waals surface area contributed by atoms with Crippen LogP contribution in [0.2, 0.25) is 10.0 Å². The predicted molar refractivity (Wildman–Crippen MR) is 72.7 cm³/mol. The molecule has 2 amide bonds. The van der Waals surface area contributed by atoms with Gasteiger partial charge in [-0.25, -0.2) is 4.79 Å². The van der Waals surface area contributed by atoms with Gasteiger partial charge in [0.15, 0.2) is 0 Å². The van der Waals surface area contributed by atoms with Crippen LogP contribution in [-0.2, 0) is 9.63 Å². The normalized spacial score (nSPS) is 10.3. The quantitative estimate of drug-likeness (QED) is 0.530. The molecule has 0 fully saturated rings. The number of benzene rings is 1. The number of carbonyl (C=O) groups is 2. The molecule has 8 heteroatoms. The van der Waals surface area contributed by atoms with E-state index in [4.69, 9.17) is 23.2 Å². The van der Waals surface area contributed by atoms with Gasteiger partial charge in [0.05, 0.1) is 0 Å². The molecule has 0 aliphatic rings. The number of hydrogen-bond donors (Lipinski definition) is 1. The van der Waals surface area contributed by atoms with Crippen molar-refractivity contribution in [3.63, 3.8) is 0 Å². The molecule has 0 aromatic heterocycles. The number of rotatable bonds is 3. The standard InChI is InChI=1S/C11H10Cl2N3O3/c1-16(2)10(17)6-14-19-11(18)15-9-4-7(12)3-8(13)5-9/h3-5H,1-2H3,(H,15,18). The molecule has 6 nitrogen and oxygen atoms in total. The molecule has 1 aromatic carbocycles. The molecular weight excluding hydrogens is 293 g/mol. The van der Waals surface area contributed by atoms with Gasteiger partial charge in [-0.3, -0.25) is 14.9 Å². The van der Waals surface area contributed by atoms with Gasteiger partial charge in [0.2, 0.25) is 6.21 Å². The highest BCUT2D eigenvalue weighted by Gasteiger charge is 2.06. The molecule has 1 aromatic rings. The fourth-order valence-corrected chi connectivity index (χ4v) is 1.50. The second-order valence-corrected chi connectivity index (χ2v) is 4.44. The monoisotopic (exact) mass is 302 g/mol. The van der Waals surface area contributed by atoms with Crippen molar-refractivity contribution in [3.05, 3.63) is 28.2 Å². The maximum Gasteiger partial charge on any atom is 0.437 e. The minimum absolute atomic E-state index is 0.344. The summed E-state index contributed by atoms with van der Waals surface area (Å²) < 4.78 is 0. The number of halogens is 2. The van der Waals surface area contributed by atoms with Gasteiger partial charge in [0.1, 0.15) is 0 Å². The Morgan fingerprint density at radius 1 is 1.26 bits per heavy atom. The van der Waals surface area contributed by atoms with E-state index in [1.807, 2.05) is 6.21 Å². The zero-order valence-corrected chi connectivity index (χ0v) is 11.6. The van der Waals surface area contributed by atoms with Crippen LogP contribution in [0.1, 0.15) is 0 Å². The lowest BCUT2D eigenvalue weighted by Gasteiger charge is -2.05. The summed E-state index contributed by atoms with van der Waals surface area (Å²) >= 11 is 11.5. The largest absolute Gasteiger partial charge is 0.437 e. The Balaban J connectivity index is 2.54. The van der Waals surface area contributed by atoms with Gasteiger partial charge in [-0.15, -0.1) is 0 Å². The Hall–Kier alpha value is -1.79. The van der Waals surface area contributed by atoms with E-state index in [2.05, 4.69) is 15.3 Å². The lowest BCUT2D eigenvalue weighted by Crippen LogP contribution is -2.23. The molecular formula is C11H10Cl2N3O3. The third-order valence-electron chi connectivity index (χ3n) is 1.78. The average Bonchev–Trinajstić information content (AvgIpc) is 2.26. The summed E-state index contributed by atoms with van der Waals surface area (Å²) in [5, 5.41) is 6.18. The highest BCUT2D eigenvalue weighted by Crippen LogP contribution is 2.22. The zero-order valence-electron chi connectivity index (χ0n) is 10.1. The third-order valence-corrected chi connectivity index (χ3v) is 2.22. The Bertz CT molecular complexity index is 498. The van der Waals surface area contributed by atoms with E-state index >= 15 is 0 Å². The van der Waals surface area contributed by atoms with Crippen LogP contribution in [-0.4, -0.2) is 37.2 Å². The summed E-state index contributed by atoms with van der Waals surface area (Å²) in [6, 6.07) is 4.47. The lowest BCUT2D eigenvalue weighted by molar-refractivity contribution is -0.121. The van der Waals surface area contributed by atoms with E-state index in [0.717, 1.165) is 0 Å². The van der Waals surface area contributed by atoms with Gasteiger partial charge in [-0.05, 0) is 18.2 Å². The Labute approximate surface area is 119 Å². The van der Waals surface area contributed by atoms with Crippen LogP contribution in [0, 0.1) is 0 Å². The van der Waals surface area contributed by atoms with Gasteiger partial charge in [-0.1, -0.05) is 28.4 Å². The maximum atomic E-state index is 11.3. The van der Waals surface area contributed by atoms with Crippen molar-refractivity contribution in [1.29, 1.82) is 0 Å². The van der Waals surface area contributed by atoms with Gasteiger partial charge in [-0.2, -0.15) is 0 Å². The Morgan fingerprint density at radius 3 is 2.37 bits per heavy atom. The molecule has 101 valence electrons. The van der Waals surface area contributed by atoms with Gasteiger partial charge in [0, 0.05) is 29.8 Å². The molecule has 0 saturated carbocycles. The van der Waals surface area contributed by atoms with Crippen LogP contribution in [0.25, 0.3) is 0 Å². The summed E-state index contributed by atoms with van der Waals surface area (Å²) in [5.41, 5.74) is 0.344. The van der Waals surface area contributed by atoms with Crippen molar-refractivity contribution >= 4 is 47.1 Å². The first-order valence-electron chi connectivity index (χ1n) is 5.00. The van der Waals surface area contributed by atoms with Crippen LogP contribution in [0.3, 0.4) is 0 Å². The second-order valence-electron chi connectivity index (χ2n) is 3.56. The van der Waals surface area contributed by atoms with E-state index in [0.29, 0.717) is 15.7 Å². The molecule has 0 aliphatic heterocycles. The molecule has 0 bridgehead atoms. The van der Waals surface area contributed by atoms with Gasteiger partial charge < -0.3 is 4.90 Å². The van der Waals surface area contributed by atoms with Crippen LogP contribution >= 0.6 is 23.2 Å². The van der Waals surface area contributed by atoms with E-state index in [1.165, 1.54) is 37.2 Å². The molecule has 1 rings (SSSR count). The predicted octanol–water partition coefficient (Wildman–Crippen LogP) is 2.49. The van der Waals surface area contributed by atoms with E-state index < -0.39 is 12.0 Å². The van der Waals surface area contributed by atoms with Gasteiger partial charge >= 0.3 is 6.09 Å². The van der Waals surface area contributed by atoms with Crippen LogP contribution in [0.5, 0.6) is 0 Å². The van der Waals surface area contributed by atoms with Crippen molar-refractivity contribution < 1.29 is 14.4 Å². The Kier molecular flexibility index (Phi) is 5.59. The highest BCUT2D eigenvalue weighted by atomic mass is 35.5. The molecule has 0 spiro atoms. The van der Waals surface area contributed by atoms with Crippen LogP contribution < -0.4 is 5.32 Å². The van der Waals surface area contributed by atoms with Gasteiger partial charge in [0.25, 0.3) is 5.91 Å². The van der Waals surface area contributed by atoms with Crippen molar-refractivity contribution in [2.75, 3.05) is 19.4 Å². The van der Waals surface area contributed by atoms with Crippen molar-refractivity contribution in [2.45, 2.75) is 0 Å². The first-order valence-corrected chi connectivity index (χ1v) is 5.75. The van der Waals surface area contributed by atoms with Crippen LogP contribution in [0.15, 0.2) is 23.4 Å². The van der Waals surface area contributed by atoms with E-state index in [1.54, 1.807) is 0 Å². The summed E-state index contributed by atoms with van der Waals surface area (Å²) in [4.78, 5) is 28.0. The smallest absolute Gasteiger partial charge is 0.343 e. The minimum atomic E-state index is -0.891. The third kappa shape index (κ3) is 5.58. The van der Waals surface area contributed by atoms with E-state index in [-0.39, 0.29) is 0 Å². The highest BCUT2D eigenvalue weighted by molar-refractivity contribution is 6.35. The number of anilines is 1. The summed E-state index contributed by atoms with van der Waals surface area (Å²) in [5.74, 6) is -0.529. The lowest BCUT2D eigenvalue weighted by atomic mass is 10.3. The fourth-order valence-electron chi connectivity index (χ4n) is 0.970. The number of nitrogens with zero attached hydrogens (tertiary/aromatic N) is 2. The molecule has 1 radical (unpaired) electrons. The van der Waals surface area contributed by atoms with Crippen LogP contribution in [0.4, 0.5) is 10.5 Å². The Morgan fingerprint density at radius 2 is 1.84 bits per heavy atom. The summed E-state index contributed by atoms with van der Waals surface area (Å²) in [7, 11) is 3.03. The molecule has 19 heavy (non-hydrogen) atoms. The molecule has 0 heterocycles. The SMILES string of the molecule is CN(C)C(=O)/[C]=N\OC(=O)Nc1cc(Cl)cc(Cl)c1. The summed E-state index contributed by atoms with van der Waals surface area (Å²) in [6.07, 6.45) is 1.11. The number of hydrogen-bond acceptors (Lipinski definition) is 4. The molecule has 0 saturated heterocycles. The summed E-state index contributed by atoms with van der Waals surface area (Å²) in [6.45, 7) is 0. The first-order chi connectivity index (χ1) is 8.88. The number of carbonyl (C=O) groups excluding carboxylic acids is 2. The molecule has 0 atom stereocenters. The number of nitrogens with one attached hydrogen (secondary N) is 1. The van der Waals surface area contributed by atoms with E-state index in [9.17, 15) is 9.59 Å². The second kappa shape index (κ2) is 6.96. The zero-order chi connectivity index (χ0) is 14.4. The average molecular weight is 303 g/mol. The van der Waals surface area contributed by atoms with Crippen molar-refractivity contribution in [1.82, 2.24) is 4.90 Å². The van der Waals surface area contributed by atoms with Crippen molar-refractivity contribution in [3.8, 4) is 0 Å². The molecule has 1 N–H and O–H groups in total. The topological polar surface area (TPSA) is 71.0 Å². The maximum absolute atomic E-state index is 11.3. The first kappa shape index (κ1) is 15.3. The minimum Gasteiger partial charge on any atom is -0.343 e.